The lowest BCUT2D eigenvalue weighted by molar-refractivity contribution is 0.0825. The van der Waals surface area contributed by atoms with E-state index in [1.807, 2.05) is 0 Å². The summed E-state index contributed by atoms with van der Waals surface area (Å²) < 4.78 is 21.1. The van der Waals surface area contributed by atoms with Crippen molar-refractivity contribution in [3.05, 3.63) is 39.7 Å². The second-order valence-corrected chi connectivity index (χ2v) is 6.83. The van der Waals surface area contributed by atoms with Gasteiger partial charge in [-0.2, -0.15) is 0 Å². The van der Waals surface area contributed by atoms with Crippen molar-refractivity contribution in [2.75, 3.05) is 13.2 Å². The topological polar surface area (TPSA) is 64.3 Å². The van der Waals surface area contributed by atoms with Crippen molar-refractivity contribution < 1.29 is 14.2 Å². The molecule has 1 saturated carbocycles. The molecule has 2 fully saturated rings. The highest BCUT2D eigenvalue weighted by Crippen LogP contribution is 2.38. The molecule has 128 valence electrons. The Bertz CT molecular complexity index is 836. The Kier molecular flexibility index (Phi) is 3.89. The Hall–Kier alpha value is -1.79. The van der Waals surface area contributed by atoms with Crippen LogP contribution in [0.25, 0.3) is 10.9 Å². The molecule has 1 N–H and O–H groups in total. The van der Waals surface area contributed by atoms with Crippen molar-refractivity contribution in [3.63, 3.8) is 0 Å². The molecule has 6 heteroatoms. The molecule has 0 radical (unpaired) electrons. The highest BCUT2D eigenvalue weighted by Gasteiger charge is 2.32. The van der Waals surface area contributed by atoms with Crippen LogP contribution >= 0.6 is 0 Å². The number of aliphatic hydroxyl groups excluding tert-OH is 1. The van der Waals surface area contributed by atoms with Crippen molar-refractivity contribution in [3.8, 4) is 0 Å². The van der Waals surface area contributed by atoms with E-state index in [1.54, 1.807) is 11.5 Å². The molecule has 2 aliphatic rings. The molecule has 1 aromatic carbocycles. The fourth-order valence-electron chi connectivity index (χ4n) is 3.56. The van der Waals surface area contributed by atoms with Crippen molar-refractivity contribution in [2.24, 2.45) is 0 Å². The van der Waals surface area contributed by atoms with Gasteiger partial charge in [0, 0.05) is 30.7 Å². The van der Waals surface area contributed by atoms with E-state index in [2.05, 4.69) is 0 Å². The third-order valence-corrected chi connectivity index (χ3v) is 4.98. The number of nitrogens with zero attached hydrogens (tertiary/aromatic N) is 2. The van der Waals surface area contributed by atoms with Crippen LogP contribution in [0, 0.1) is 5.82 Å². The van der Waals surface area contributed by atoms with E-state index < -0.39 is 11.9 Å². The number of aliphatic hydroxyl groups is 1. The lowest BCUT2D eigenvalue weighted by atomic mass is 9.98. The number of hydrogen-bond donors (Lipinski definition) is 1. The van der Waals surface area contributed by atoms with Gasteiger partial charge in [0.15, 0.2) is 0 Å². The molecule has 2 heterocycles. The first-order valence-corrected chi connectivity index (χ1v) is 8.57. The number of benzene rings is 1. The molecule has 5 nitrogen and oxygen atoms in total. The first-order valence-electron chi connectivity index (χ1n) is 8.57. The van der Waals surface area contributed by atoms with Gasteiger partial charge in [0.2, 0.25) is 0 Å². The van der Waals surface area contributed by atoms with Gasteiger partial charge in [-0.15, -0.1) is 0 Å². The number of fused-ring (bicyclic) bond motifs is 1. The van der Waals surface area contributed by atoms with Gasteiger partial charge in [-0.05, 0) is 44.7 Å². The van der Waals surface area contributed by atoms with Gasteiger partial charge in [-0.25, -0.2) is 9.37 Å². The average Bonchev–Trinajstić information content (AvgIpc) is 3.40. The van der Waals surface area contributed by atoms with Crippen LogP contribution < -0.4 is 5.56 Å². The maximum atomic E-state index is 13.9. The molecule has 0 bridgehead atoms. The first kappa shape index (κ1) is 15.7. The van der Waals surface area contributed by atoms with Crippen LogP contribution in [-0.4, -0.2) is 27.9 Å². The summed E-state index contributed by atoms with van der Waals surface area (Å²) in [7, 11) is 0. The van der Waals surface area contributed by atoms with Crippen LogP contribution in [0.1, 0.15) is 62.1 Å². The molecule has 1 atom stereocenters. The Morgan fingerprint density at radius 3 is 2.62 bits per heavy atom. The quantitative estimate of drug-likeness (QED) is 0.939. The minimum atomic E-state index is -0.880. The van der Waals surface area contributed by atoms with E-state index in [9.17, 15) is 14.3 Å². The van der Waals surface area contributed by atoms with E-state index in [-0.39, 0.29) is 22.9 Å². The number of aromatic nitrogens is 2. The normalized spacial score (nSPS) is 20.5. The summed E-state index contributed by atoms with van der Waals surface area (Å²) >= 11 is 0. The summed E-state index contributed by atoms with van der Waals surface area (Å²) in [5.74, 6) is 0.425. The van der Waals surface area contributed by atoms with Crippen LogP contribution in [0.2, 0.25) is 0 Å². The van der Waals surface area contributed by atoms with Crippen LogP contribution in [-0.2, 0) is 4.74 Å². The molecule has 24 heavy (non-hydrogen) atoms. The second-order valence-electron chi connectivity index (χ2n) is 6.83. The summed E-state index contributed by atoms with van der Waals surface area (Å²) in [5.41, 5.74) is 0.610. The Morgan fingerprint density at radius 2 is 2.00 bits per heavy atom. The van der Waals surface area contributed by atoms with Crippen LogP contribution in [0.4, 0.5) is 4.39 Å². The van der Waals surface area contributed by atoms with Gasteiger partial charge < -0.3 is 9.84 Å². The SMILES string of the molecule is CC(O)c1cc(F)cc2c(=O)n(C3CC3)c(C3CCOCC3)nc12. The predicted molar refractivity (Wildman–Crippen MR) is 87.7 cm³/mol. The smallest absolute Gasteiger partial charge is 0.261 e. The van der Waals surface area contributed by atoms with E-state index in [0.717, 1.165) is 31.5 Å². The molecule has 0 spiro atoms. The second kappa shape index (κ2) is 5.93. The van der Waals surface area contributed by atoms with Crippen molar-refractivity contribution in [1.82, 2.24) is 9.55 Å². The Morgan fingerprint density at radius 1 is 1.29 bits per heavy atom. The Balaban J connectivity index is 1.99. The zero-order valence-electron chi connectivity index (χ0n) is 13.7. The molecule has 1 aliphatic heterocycles. The van der Waals surface area contributed by atoms with Crippen LogP contribution in [0.15, 0.2) is 16.9 Å². The predicted octanol–water partition coefficient (Wildman–Crippen LogP) is 2.82. The first-order chi connectivity index (χ1) is 11.6. The van der Waals surface area contributed by atoms with E-state index in [1.165, 1.54) is 12.1 Å². The van der Waals surface area contributed by atoms with E-state index in [4.69, 9.17) is 9.72 Å². The van der Waals surface area contributed by atoms with Crippen molar-refractivity contribution >= 4 is 10.9 Å². The number of halogens is 1. The summed E-state index contributed by atoms with van der Waals surface area (Å²) in [4.78, 5) is 17.8. The zero-order valence-corrected chi connectivity index (χ0v) is 13.7. The molecular formula is C18H21FN2O3. The standard InChI is InChI=1S/C18H21FN2O3/c1-10(22)14-8-12(19)9-15-16(14)20-17(11-4-6-24-7-5-11)21(18(15)23)13-2-3-13/h8-11,13,22H,2-7H2,1H3. The molecule has 1 unspecified atom stereocenters. The molecule has 0 amide bonds. The Labute approximate surface area is 139 Å². The summed E-state index contributed by atoms with van der Waals surface area (Å²) in [6.45, 7) is 2.89. The van der Waals surface area contributed by atoms with Gasteiger partial charge in [0.1, 0.15) is 11.6 Å². The number of hydrogen-bond acceptors (Lipinski definition) is 4. The maximum absolute atomic E-state index is 13.9. The van der Waals surface area contributed by atoms with E-state index >= 15 is 0 Å². The van der Waals surface area contributed by atoms with Crippen LogP contribution in [0.5, 0.6) is 0 Å². The molecule has 1 saturated heterocycles. The number of rotatable bonds is 3. The van der Waals surface area contributed by atoms with Gasteiger partial charge in [0.25, 0.3) is 5.56 Å². The van der Waals surface area contributed by atoms with Crippen molar-refractivity contribution in [1.29, 1.82) is 0 Å². The van der Waals surface area contributed by atoms with Crippen LogP contribution in [0.3, 0.4) is 0 Å². The summed E-state index contributed by atoms with van der Waals surface area (Å²) in [6.07, 6.45) is 2.70. The minimum absolute atomic E-state index is 0.170. The van der Waals surface area contributed by atoms with Gasteiger partial charge >= 0.3 is 0 Å². The van der Waals surface area contributed by atoms with Gasteiger partial charge in [0.05, 0.1) is 17.0 Å². The highest BCUT2D eigenvalue weighted by molar-refractivity contribution is 5.81. The van der Waals surface area contributed by atoms with Crippen molar-refractivity contribution in [2.45, 2.75) is 50.7 Å². The average molecular weight is 332 g/mol. The molecule has 1 aliphatic carbocycles. The van der Waals surface area contributed by atoms with Gasteiger partial charge in [-0.3, -0.25) is 9.36 Å². The molecule has 2 aromatic rings. The fraction of sp³-hybridized carbons (Fsp3) is 0.556. The molecule has 1 aromatic heterocycles. The zero-order chi connectivity index (χ0) is 16.8. The summed E-state index contributed by atoms with van der Waals surface area (Å²) in [5, 5.41) is 10.3. The summed E-state index contributed by atoms with van der Waals surface area (Å²) in [6, 6.07) is 2.68. The monoisotopic (exact) mass is 332 g/mol. The lowest BCUT2D eigenvalue weighted by Crippen LogP contribution is -2.29. The highest BCUT2D eigenvalue weighted by atomic mass is 19.1. The van der Waals surface area contributed by atoms with E-state index in [0.29, 0.717) is 24.3 Å². The fourth-order valence-corrected chi connectivity index (χ4v) is 3.56. The van der Waals surface area contributed by atoms with Gasteiger partial charge in [-0.1, -0.05) is 0 Å². The largest absolute Gasteiger partial charge is 0.389 e. The minimum Gasteiger partial charge on any atom is -0.389 e. The molecule has 4 rings (SSSR count). The number of ether oxygens (including phenoxy) is 1. The third kappa shape index (κ3) is 2.63. The third-order valence-electron chi connectivity index (χ3n) is 4.98. The lowest BCUT2D eigenvalue weighted by Gasteiger charge is -2.25. The maximum Gasteiger partial charge on any atom is 0.261 e. The molecular weight excluding hydrogens is 311 g/mol.